The zero-order valence-corrected chi connectivity index (χ0v) is 13.4. The van der Waals surface area contributed by atoms with Crippen LogP contribution in [0.5, 0.6) is 0 Å². The van der Waals surface area contributed by atoms with Gasteiger partial charge >= 0.3 is 0 Å². The summed E-state index contributed by atoms with van der Waals surface area (Å²) in [6.07, 6.45) is 3.99. The Morgan fingerprint density at radius 3 is 2.90 bits per heavy atom. The number of hydrogen-bond acceptors (Lipinski definition) is 5. The zero-order chi connectivity index (χ0) is 14.5. The summed E-state index contributed by atoms with van der Waals surface area (Å²) in [6.45, 7) is 3.68. The van der Waals surface area contributed by atoms with Gasteiger partial charge in [-0.2, -0.15) is 0 Å². The van der Waals surface area contributed by atoms with Gasteiger partial charge in [0.15, 0.2) is 0 Å². The molecule has 1 aliphatic rings. The van der Waals surface area contributed by atoms with Crippen molar-refractivity contribution in [3.8, 4) is 0 Å². The summed E-state index contributed by atoms with van der Waals surface area (Å²) in [6, 6.07) is 0.225. The smallest absolute Gasteiger partial charge is 0.222 e. The van der Waals surface area contributed by atoms with Gasteiger partial charge in [0.1, 0.15) is 22.4 Å². The summed E-state index contributed by atoms with van der Waals surface area (Å²) in [5, 5.41) is 6.64. The highest BCUT2D eigenvalue weighted by Crippen LogP contribution is 2.28. The molecule has 2 heterocycles. The van der Waals surface area contributed by atoms with Crippen molar-refractivity contribution in [1.29, 1.82) is 0 Å². The molecule has 1 aromatic heterocycles. The molecule has 1 saturated heterocycles. The van der Waals surface area contributed by atoms with E-state index in [1.54, 1.807) is 11.2 Å². The number of likely N-dealkylation sites (N-methyl/N-ethyl adjacent to an activating group) is 1. The largest absolute Gasteiger partial charge is 0.369 e. The van der Waals surface area contributed by atoms with Gasteiger partial charge in [-0.3, -0.25) is 4.79 Å². The molecule has 0 saturated carbocycles. The van der Waals surface area contributed by atoms with E-state index in [0.29, 0.717) is 13.0 Å². The summed E-state index contributed by atoms with van der Waals surface area (Å²) in [5.41, 5.74) is 0. The molecule has 7 heteroatoms. The van der Waals surface area contributed by atoms with Gasteiger partial charge in [-0.1, -0.05) is 6.92 Å². The van der Waals surface area contributed by atoms with Crippen LogP contribution in [0.1, 0.15) is 26.2 Å². The molecule has 1 fully saturated rings. The average Bonchev–Trinajstić information content (AvgIpc) is 2.44. The molecule has 0 aliphatic carbocycles. The monoisotopic (exact) mass is 341 g/mol. The standard InChI is InChI=1S/C13H20BrN5O/c1-3-6-15-12-11(14)13(17-8-16-12)18-9-4-5-10(20)19(2)7-9/h8-9H,3-7H2,1-2H3,(H2,15,16,17,18). The number of anilines is 2. The highest BCUT2D eigenvalue weighted by atomic mass is 79.9. The minimum atomic E-state index is 0.204. The second-order valence-electron chi connectivity index (χ2n) is 4.97. The Kier molecular flexibility index (Phi) is 5.17. The third-order valence-electron chi connectivity index (χ3n) is 3.30. The van der Waals surface area contributed by atoms with Crippen LogP contribution in [0.4, 0.5) is 11.6 Å². The molecule has 1 aliphatic heterocycles. The summed E-state index contributed by atoms with van der Waals surface area (Å²) in [5.74, 6) is 1.77. The van der Waals surface area contributed by atoms with E-state index in [0.717, 1.165) is 35.5 Å². The molecule has 2 rings (SSSR count). The summed E-state index contributed by atoms with van der Waals surface area (Å²) in [4.78, 5) is 21.7. The normalized spacial score (nSPS) is 19.1. The Morgan fingerprint density at radius 1 is 1.45 bits per heavy atom. The van der Waals surface area contributed by atoms with E-state index in [-0.39, 0.29) is 11.9 Å². The van der Waals surface area contributed by atoms with Gasteiger partial charge in [-0.25, -0.2) is 9.97 Å². The number of piperidine rings is 1. The van der Waals surface area contributed by atoms with E-state index in [1.165, 1.54) is 0 Å². The number of aromatic nitrogens is 2. The lowest BCUT2D eigenvalue weighted by Crippen LogP contribution is -2.43. The van der Waals surface area contributed by atoms with E-state index in [9.17, 15) is 4.79 Å². The van der Waals surface area contributed by atoms with Gasteiger partial charge in [0.25, 0.3) is 0 Å². The minimum Gasteiger partial charge on any atom is -0.369 e. The number of carbonyl (C=O) groups excluding carboxylic acids is 1. The lowest BCUT2D eigenvalue weighted by Gasteiger charge is -2.30. The Labute approximate surface area is 127 Å². The maximum Gasteiger partial charge on any atom is 0.222 e. The molecule has 0 spiro atoms. The molecule has 20 heavy (non-hydrogen) atoms. The van der Waals surface area contributed by atoms with Crippen molar-refractivity contribution >= 4 is 33.5 Å². The summed E-state index contributed by atoms with van der Waals surface area (Å²) in [7, 11) is 1.83. The van der Waals surface area contributed by atoms with E-state index in [4.69, 9.17) is 0 Å². The fraction of sp³-hybridized carbons (Fsp3) is 0.615. The van der Waals surface area contributed by atoms with Gasteiger partial charge in [0.05, 0.1) is 0 Å². The molecule has 1 atom stereocenters. The lowest BCUT2D eigenvalue weighted by atomic mass is 10.1. The maximum atomic E-state index is 11.5. The van der Waals surface area contributed by atoms with Gasteiger partial charge < -0.3 is 15.5 Å². The van der Waals surface area contributed by atoms with Crippen LogP contribution in [-0.4, -0.2) is 47.0 Å². The van der Waals surface area contributed by atoms with Crippen molar-refractivity contribution in [2.75, 3.05) is 30.8 Å². The number of rotatable bonds is 5. The minimum absolute atomic E-state index is 0.204. The van der Waals surface area contributed by atoms with Crippen molar-refractivity contribution in [3.63, 3.8) is 0 Å². The van der Waals surface area contributed by atoms with E-state index >= 15 is 0 Å². The van der Waals surface area contributed by atoms with Crippen molar-refractivity contribution in [3.05, 3.63) is 10.8 Å². The maximum absolute atomic E-state index is 11.5. The predicted octanol–water partition coefficient (Wildman–Crippen LogP) is 2.09. The lowest BCUT2D eigenvalue weighted by molar-refractivity contribution is -0.132. The first-order valence-electron chi connectivity index (χ1n) is 6.86. The number of carbonyl (C=O) groups is 1. The van der Waals surface area contributed by atoms with E-state index in [2.05, 4.69) is 43.5 Å². The third-order valence-corrected chi connectivity index (χ3v) is 4.05. The molecule has 0 radical (unpaired) electrons. The molecular weight excluding hydrogens is 322 g/mol. The zero-order valence-electron chi connectivity index (χ0n) is 11.8. The SMILES string of the molecule is CCCNc1ncnc(NC2CCC(=O)N(C)C2)c1Br. The Balaban J connectivity index is 2.04. The van der Waals surface area contributed by atoms with Crippen LogP contribution in [0.2, 0.25) is 0 Å². The first-order valence-corrected chi connectivity index (χ1v) is 7.66. The molecule has 1 unspecified atom stereocenters. The highest BCUT2D eigenvalue weighted by molar-refractivity contribution is 9.10. The van der Waals surface area contributed by atoms with Crippen molar-refractivity contribution in [2.45, 2.75) is 32.2 Å². The van der Waals surface area contributed by atoms with Gasteiger partial charge in [-0.15, -0.1) is 0 Å². The van der Waals surface area contributed by atoms with Crippen LogP contribution in [0.3, 0.4) is 0 Å². The Hall–Kier alpha value is -1.37. The molecule has 2 N–H and O–H groups in total. The predicted molar refractivity (Wildman–Crippen MR) is 82.8 cm³/mol. The summed E-state index contributed by atoms with van der Waals surface area (Å²) < 4.78 is 0.841. The van der Waals surface area contributed by atoms with Crippen LogP contribution in [0, 0.1) is 0 Å². The first kappa shape index (κ1) is 15.0. The molecular formula is C13H20BrN5O. The topological polar surface area (TPSA) is 70.1 Å². The fourth-order valence-corrected chi connectivity index (χ4v) is 2.62. The van der Waals surface area contributed by atoms with E-state index in [1.807, 2.05) is 7.05 Å². The number of halogens is 1. The Bertz CT molecular complexity index is 482. The number of amides is 1. The average molecular weight is 342 g/mol. The number of likely N-dealkylation sites (tertiary alicyclic amines) is 1. The van der Waals surface area contributed by atoms with Crippen molar-refractivity contribution in [2.24, 2.45) is 0 Å². The first-order chi connectivity index (χ1) is 9.61. The molecule has 1 aromatic rings. The number of nitrogens with zero attached hydrogens (tertiary/aromatic N) is 3. The van der Waals surface area contributed by atoms with Crippen molar-refractivity contribution in [1.82, 2.24) is 14.9 Å². The van der Waals surface area contributed by atoms with Crippen LogP contribution < -0.4 is 10.6 Å². The van der Waals surface area contributed by atoms with Crippen LogP contribution in [-0.2, 0) is 4.79 Å². The van der Waals surface area contributed by atoms with Gasteiger partial charge in [0.2, 0.25) is 5.91 Å². The molecule has 1 amide bonds. The number of hydrogen-bond donors (Lipinski definition) is 2. The van der Waals surface area contributed by atoms with Crippen molar-refractivity contribution < 1.29 is 4.79 Å². The fourth-order valence-electron chi connectivity index (χ4n) is 2.16. The number of nitrogens with one attached hydrogen (secondary N) is 2. The van der Waals surface area contributed by atoms with Crippen LogP contribution in [0.15, 0.2) is 10.8 Å². The quantitative estimate of drug-likeness (QED) is 0.858. The summed E-state index contributed by atoms with van der Waals surface area (Å²) >= 11 is 3.53. The van der Waals surface area contributed by atoms with Gasteiger partial charge in [-0.05, 0) is 28.8 Å². The Morgan fingerprint density at radius 2 is 2.20 bits per heavy atom. The highest BCUT2D eigenvalue weighted by Gasteiger charge is 2.23. The van der Waals surface area contributed by atoms with Crippen LogP contribution >= 0.6 is 15.9 Å². The second kappa shape index (κ2) is 6.88. The third kappa shape index (κ3) is 3.59. The second-order valence-corrected chi connectivity index (χ2v) is 5.76. The van der Waals surface area contributed by atoms with Crippen LogP contribution in [0.25, 0.3) is 0 Å². The van der Waals surface area contributed by atoms with Gasteiger partial charge in [0, 0.05) is 32.6 Å². The molecule has 0 aromatic carbocycles. The molecule has 0 bridgehead atoms. The van der Waals surface area contributed by atoms with E-state index < -0.39 is 0 Å². The molecule has 110 valence electrons. The molecule has 6 nitrogen and oxygen atoms in total.